The van der Waals surface area contributed by atoms with Gasteiger partial charge in [0.25, 0.3) is 0 Å². The second-order valence-electron chi connectivity index (χ2n) is 8.59. The van der Waals surface area contributed by atoms with Crippen LogP contribution in [0.25, 0.3) is 22.7 Å². The van der Waals surface area contributed by atoms with Crippen molar-refractivity contribution in [3.63, 3.8) is 0 Å². The number of halogens is 1. The fraction of sp³-hybridized carbons (Fsp3) is 0.286. The van der Waals surface area contributed by atoms with Crippen molar-refractivity contribution in [3.05, 3.63) is 62.4 Å². The quantitative estimate of drug-likeness (QED) is 0.214. The normalized spacial score (nSPS) is 13.1. The highest BCUT2D eigenvalue weighted by Gasteiger charge is 2.23. The summed E-state index contributed by atoms with van der Waals surface area (Å²) >= 11 is 4.82. The van der Waals surface area contributed by atoms with Gasteiger partial charge in [-0.05, 0) is 41.1 Å². The monoisotopic (exact) mass is 624 g/mol. The number of nitrogens with zero attached hydrogens (tertiary/aromatic N) is 4. The molecule has 0 aliphatic carbocycles. The maximum Gasteiger partial charge on any atom is 0.339 e. The van der Waals surface area contributed by atoms with Crippen LogP contribution in [0.4, 0.5) is 5.69 Å². The molecule has 206 valence electrons. The number of ether oxygens (including phenoxy) is 4. The lowest BCUT2D eigenvalue weighted by atomic mass is 10.0. The summed E-state index contributed by atoms with van der Waals surface area (Å²) in [6.07, 6.45) is 1.46. The predicted molar refractivity (Wildman–Crippen MR) is 152 cm³/mol. The fourth-order valence-corrected chi connectivity index (χ4v) is 5.60. The van der Waals surface area contributed by atoms with Crippen LogP contribution in [0.15, 0.2) is 50.1 Å². The minimum absolute atomic E-state index is 0.0230. The summed E-state index contributed by atoms with van der Waals surface area (Å²) in [7, 11) is 1.32. The number of benzene rings is 1. The zero-order chi connectivity index (χ0) is 28.1. The van der Waals surface area contributed by atoms with E-state index in [1.807, 2.05) is 31.2 Å². The number of hydrogen-bond acceptors (Lipinski definition) is 11. The molecule has 0 unspecified atom stereocenters. The van der Waals surface area contributed by atoms with Gasteiger partial charge in [0.15, 0.2) is 0 Å². The number of morpholine rings is 1. The average molecular weight is 626 g/mol. The molecule has 10 nitrogen and oxygen atoms in total. The van der Waals surface area contributed by atoms with Crippen LogP contribution >= 0.6 is 27.3 Å². The Labute approximate surface area is 243 Å². The summed E-state index contributed by atoms with van der Waals surface area (Å²) in [5, 5.41) is 11.8. The molecule has 1 aliphatic rings. The Hall–Kier alpha value is -3.92. The van der Waals surface area contributed by atoms with Crippen molar-refractivity contribution in [2.45, 2.75) is 13.5 Å². The van der Waals surface area contributed by atoms with E-state index in [9.17, 15) is 10.1 Å². The zero-order valence-corrected chi connectivity index (χ0v) is 24.2. The Bertz CT molecular complexity index is 1540. The van der Waals surface area contributed by atoms with Gasteiger partial charge >= 0.3 is 11.9 Å². The minimum atomic E-state index is -0.480. The van der Waals surface area contributed by atoms with E-state index in [2.05, 4.69) is 31.9 Å². The van der Waals surface area contributed by atoms with Gasteiger partial charge in [0.1, 0.15) is 24.4 Å². The van der Waals surface area contributed by atoms with Gasteiger partial charge in [-0.25, -0.2) is 14.8 Å². The molecule has 12 heteroatoms. The molecule has 0 N–H and O–H groups in total. The smallest absolute Gasteiger partial charge is 0.339 e. The molecule has 5 rings (SSSR count). The molecule has 0 radical (unpaired) electrons. The maximum atomic E-state index is 12.3. The maximum absolute atomic E-state index is 12.3. The zero-order valence-electron chi connectivity index (χ0n) is 21.8. The summed E-state index contributed by atoms with van der Waals surface area (Å²) in [5.41, 5.74) is 3.99. The molecule has 0 amide bonds. The van der Waals surface area contributed by atoms with Crippen molar-refractivity contribution in [1.82, 2.24) is 9.97 Å². The molecule has 4 aromatic rings. The van der Waals surface area contributed by atoms with E-state index in [0.29, 0.717) is 42.2 Å². The first-order chi connectivity index (χ1) is 19.5. The first kappa shape index (κ1) is 27.6. The number of aromatic nitrogens is 2. The van der Waals surface area contributed by atoms with E-state index in [4.69, 9.17) is 28.3 Å². The number of oxazole rings is 1. The number of methoxy groups -OCH3 is 1. The SMILES string of the molecule is CCOc1cnc(-c2cc(-c3ccc(N4CCOCC4)cc3)nc(OCc3c(C(=O)OC)csc3Br)c2C#N)o1. The van der Waals surface area contributed by atoms with Crippen LogP contribution in [-0.4, -0.2) is 56.0 Å². The van der Waals surface area contributed by atoms with E-state index < -0.39 is 5.97 Å². The Morgan fingerprint density at radius 3 is 2.70 bits per heavy atom. The first-order valence-electron chi connectivity index (χ1n) is 12.5. The summed E-state index contributed by atoms with van der Waals surface area (Å²) in [4.78, 5) is 23.5. The lowest BCUT2D eigenvalue weighted by molar-refractivity contribution is 0.0598. The second kappa shape index (κ2) is 12.5. The molecule has 4 heterocycles. The van der Waals surface area contributed by atoms with Gasteiger partial charge in [-0.3, -0.25) is 0 Å². The van der Waals surface area contributed by atoms with Crippen molar-refractivity contribution in [3.8, 4) is 40.6 Å². The molecule has 0 bridgehead atoms. The number of carbonyl (C=O) groups is 1. The molecule has 1 fully saturated rings. The number of anilines is 1. The van der Waals surface area contributed by atoms with Gasteiger partial charge < -0.3 is 28.3 Å². The predicted octanol–water partition coefficient (Wildman–Crippen LogP) is 5.70. The Morgan fingerprint density at radius 1 is 1.23 bits per heavy atom. The third kappa shape index (κ3) is 5.82. The number of pyridine rings is 1. The molecule has 1 saturated heterocycles. The molecule has 0 saturated carbocycles. The molecular formula is C28H25BrN4O6S. The second-order valence-corrected chi connectivity index (χ2v) is 10.8. The van der Waals surface area contributed by atoms with Gasteiger partial charge in [0, 0.05) is 35.3 Å². The van der Waals surface area contributed by atoms with E-state index in [1.54, 1.807) is 11.4 Å². The third-order valence-corrected chi connectivity index (χ3v) is 8.09. The molecular weight excluding hydrogens is 600 g/mol. The van der Waals surface area contributed by atoms with Crippen LogP contribution in [0.2, 0.25) is 0 Å². The summed E-state index contributed by atoms with van der Waals surface area (Å²) < 4.78 is 28.4. The lowest BCUT2D eigenvalue weighted by Gasteiger charge is -2.28. The van der Waals surface area contributed by atoms with E-state index in [0.717, 1.165) is 28.1 Å². The summed E-state index contributed by atoms with van der Waals surface area (Å²) in [6, 6.07) is 11.9. The van der Waals surface area contributed by atoms with Crippen molar-refractivity contribution in [2.24, 2.45) is 0 Å². The van der Waals surface area contributed by atoms with Crippen molar-refractivity contribution >= 4 is 38.9 Å². The van der Waals surface area contributed by atoms with Gasteiger partial charge in [0.2, 0.25) is 11.8 Å². The highest BCUT2D eigenvalue weighted by atomic mass is 79.9. The lowest BCUT2D eigenvalue weighted by Crippen LogP contribution is -2.36. The van der Waals surface area contributed by atoms with Gasteiger partial charge in [-0.2, -0.15) is 5.26 Å². The van der Waals surface area contributed by atoms with Crippen LogP contribution in [0, 0.1) is 11.3 Å². The highest BCUT2D eigenvalue weighted by Crippen LogP contribution is 2.36. The molecule has 40 heavy (non-hydrogen) atoms. The average Bonchev–Trinajstić information content (AvgIpc) is 3.62. The standard InChI is InChI=1S/C28H25BrN4O6S/c1-3-37-24-14-31-26(39-24)19-12-23(17-4-6-18(7-5-17)33-8-10-36-11-9-33)32-27(20(19)13-30)38-15-21-22(28(34)35-2)16-40-25(21)29/h4-7,12,14,16H,3,8-11,15H2,1-2H3. The van der Waals surface area contributed by atoms with Crippen LogP contribution < -0.4 is 14.4 Å². The number of esters is 1. The minimum Gasteiger partial charge on any atom is -0.472 e. The van der Waals surface area contributed by atoms with Crippen LogP contribution in [-0.2, 0) is 16.1 Å². The summed E-state index contributed by atoms with van der Waals surface area (Å²) in [6.45, 7) is 5.27. The van der Waals surface area contributed by atoms with Crippen molar-refractivity contribution in [1.29, 1.82) is 5.26 Å². The fourth-order valence-electron chi connectivity index (χ4n) is 4.22. The number of hydrogen-bond donors (Lipinski definition) is 0. The molecule has 0 spiro atoms. The number of rotatable bonds is 9. The Morgan fingerprint density at radius 2 is 2.00 bits per heavy atom. The Balaban J connectivity index is 1.54. The number of carbonyl (C=O) groups excluding carboxylic acids is 1. The molecule has 3 aromatic heterocycles. The van der Waals surface area contributed by atoms with Crippen molar-refractivity contribution < 1.29 is 28.2 Å². The van der Waals surface area contributed by atoms with Crippen LogP contribution in [0.3, 0.4) is 0 Å². The number of thiophene rings is 1. The van der Waals surface area contributed by atoms with Gasteiger partial charge in [0.05, 0.1) is 47.5 Å². The molecule has 1 aliphatic heterocycles. The molecule has 0 atom stereocenters. The number of nitriles is 1. The van der Waals surface area contributed by atoms with Gasteiger partial charge in [-0.1, -0.05) is 12.1 Å². The van der Waals surface area contributed by atoms with Crippen LogP contribution in [0.5, 0.6) is 11.8 Å². The third-order valence-electron chi connectivity index (χ3n) is 6.24. The van der Waals surface area contributed by atoms with Crippen molar-refractivity contribution in [2.75, 3.05) is 44.9 Å². The first-order valence-corrected chi connectivity index (χ1v) is 14.1. The molecule has 1 aromatic carbocycles. The largest absolute Gasteiger partial charge is 0.472 e. The highest BCUT2D eigenvalue weighted by molar-refractivity contribution is 9.11. The van der Waals surface area contributed by atoms with E-state index >= 15 is 0 Å². The Kier molecular flexibility index (Phi) is 8.64. The van der Waals surface area contributed by atoms with Crippen LogP contribution in [0.1, 0.15) is 28.4 Å². The van der Waals surface area contributed by atoms with E-state index in [-0.39, 0.29) is 29.9 Å². The topological polar surface area (TPSA) is 120 Å². The summed E-state index contributed by atoms with van der Waals surface area (Å²) in [5.74, 6) is 0.0387. The van der Waals surface area contributed by atoms with E-state index in [1.165, 1.54) is 24.6 Å². The van der Waals surface area contributed by atoms with Gasteiger partial charge in [-0.15, -0.1) is 11.3 Å².